The molecule has 1 saturated carbocycles. The molecule has 5 atom stereocenters. The molecule has 0 spiro atoms. The summed E-state index contributed by atoms with van der Waals surface area (Å²) in [4.78, 5) is 18.0. The fraction of sp³-hybridized carbons (Fsp3) is 0.457. The molecule has 0 amide bonds. The van der Waals surface area contributed by atoms with Gasteiger partial charge in [-0.3, -0.25) is 9.69 Å². The van der Waals surface area contributed by atoms with E-state index in [1.807, 2.05) is 72.5 Å². The number of alkyl halides is 3. The first-order chi connectivity index (χ1) is 27.1. The van der Waals surface area contributed by atoms with E-state index in [0.717, 1.165) is 28.0 Å². The molecule has 1 heterocycles. The number of ketones is 1. The van der Waals surface area contributed by atoms with Gasteiger partial charge in [-0.1, -0.05) is 73.2 Å². The van der Waals surface area contributed by atoms with Crippen LogP contribution in [-0.2, 0) is 24.3 Å². The molecule has 3 N–H and O–H groups in total. The largest absolute Gasteiger partial charge is 0.573 e. The van der Waals surface area contributed by atoms with Gasteiger partial charge in [-0.15, -0.1) is 24.5 Å². The van der Waals surface area contributed by atoms with Crippen molar-refractivity contribution in [2.75, 3.05) is 19.7 Å². The van der Waals surface area contributed by atoms with Crippen molar-refractivity contribution in [1.82, 2.24) is 4.90 Å². The van der Waals surface area contributed by atoms with Crippen molar-refractivity contribution in [2.45, 2.75) is 109 Å². The normalized spacial score (nSPS) is 23.5. The second-order valence-electron chi connectivity index (χ2n) is 16.2. The van der Waals surface area contributed by atoms with Gasteiger partial charge in [0.05, 0.1) is 35.9 Å². The van der Waals surface area contributed by atoms with E-state index in [0.29, 0.717) is 61.1 Å². The van der Waals surface area contributed by atoms with Crippen LogP contribution in [0.15, 0.2) is 96.6 Å². The van der Waals surface area contributed by atoms with Crippen LogP contribution in [0.5, 0.6) is 5.75 Å². The lowest BCUT2D eigenvalue weighted by atomic mass is 9.64. The van der Waals surface area contributed by atoms with Crippen molar-refractivity contribution in [3.8, 4) is 5.75 Å². The molecule has 4 aromatic rings. The minimum atomic E-state index is -4.82. The van der Waals surface area contributed by atoms with Gasteiger partial charge in [0.1, 0.15) is 5.75 Å². The van der Waals surface area contributed by atoms with Crippen LogP contribution in [0.1, 0.15) is 101 Å². The maximum Gasteiger partial charge on any atom is 0.573 e. The molecule has 0 aliphatic heterocycles. The fourth-order valence-electron chi connectivity index (χ4n) is 8.73. The lowest BCUT2D eigenvalue weighted by Gasteiger charge is -2.46. The highest BCUT2D eigenvalue weighted by molar-refractivity contribution is 7.14. The number of halogens is 3. The Morgan fingerprint density at radius 2 is 1.74 bits per heavy atom. The Kier molecular flexibility index (Phi) is 13.8. The Balaban J connectivity index is 1.33. The highest BCUT2D eigenvalue weighted by Gasteiger charge is 2.57. The smallest absolute Gasteiger partial charge is 0.406 e. The van der Waals surface area contributed by atoms with E-state index < -0.39 is 29.6 Å². The first-order valence-corrected chi connectivity index (χ1v) is 20.6. The average molecular weight is 806 g/mol. The number of allylic oxidation sites excluding steroid dienone is 2. The van der Waals surface area contributed by atoms with Crippen molar-refractivity contribution in [2.24, 2.45) is 5.41 Å². The Hall–Kier alpha value is -3.84. The van der Waals surface area contributed by atoms with Crippen LogP contribution in [0.3, 0.4) is 0 Å². The Morgan fingerprint density at radius 1 is 0.982 bits per heavy atom. The van der Waals surface area contributed by atoms with Crippen LogP contribution < -0.4 is 4.74 Å². The molecular formula is C46H54F3NO6S. The van der Waals surface area contributed by atoms with E-state index in [4.69, 9.17) is 4.74 Å². The summed E-state index contributed by atoms with van der Waals surface area (Å²) >= 11 is 1.45. The third-order valence-electron chi connectivity index (χ3n) is 11.8. The maximum absolute atomic E-state index is 14.3. The number of benzene rings is 3. The number of aliphatic hydroxyl groups excluding tert-OH is 2. The van der Waals surface area contributed by atoms with Gasteiger partial charge in [-0.25, -0.2) is 0 Å². The third-order valence-corrected chi connectivity index (χ3v) is 12.8. The van der Waals surface area contributed by atoms with Crippen molar-refractivity contribution in [3.05, 3.63) is 134 Å². The van der Waals surface area contributed by atoms with Gasteiger partial charge < -0.3 is 24.8 Å². The molecule has 7 rings (SSSR count). The zero-order chi connectivity index (χ0) is 40.8. The summed E-state index contributed by atoms with van der Waals surface area (Å²) in [6.45, 7) is 7.05. The molecule has 1 aromatic heterocycles. The predicted molar refractivity (Wildman–Crippen MR) is 216 cm³/mol. The Morgan fingerprint density at radius 3 is 2.44 bits per heavy atom. The van der Waals surface area contributed by atoms with Gasteiger partial charge in [-0.2, -0.15) is 0 Å². The van der Waals surface area contributed by atoms with E-state index in [2.05, 4.69) is 24.7 Å². The van der Waals surface area contributed by atoms with Gasteiger partial charge in [-0.05, 0) is 117 Å². The number of carbonyl (C=O) groups is 1. The molecule has 7 nitrogen and oxygen atoms in total. The number of fused-ring (bicyclic) bond motifs is 8. The van der Waals surface area contributed by atoms with Crippen molar-refractivity contribution < 1.29 is 42.8 Å². The first-order valence-electron chi connectivity index (χ1n) is 19.8. The van der Waals surface area contributed by atoms with Crippen molar-refractivity contribution >= 4 is 17.1 Å². The van der Waals surface area contributed by atoms with Crippen LogP contribution in [-0.4, -0.2) is 69.9 Å². The standard InChI is InChI=1S/C46H54F3NO6S/c1-31-8-7-22-44(3)41(39-19-15-35(24-36(51)16-11-31)25-40(39)43(53)42-20-12-32(2)57-42)21-23-45(44,54)30-50(26-33-13-17-38(18-14-33)56-46(47,48)49)27-37(52)29-55-28-34-9-5-4-6-10-34/h4-6,8-10,12-15,17-20,25,36-37,41,51-52,54H,7,11,16,21-24,26-30H2,1-3H3. The highest BCUT2D eigenvalue weighted by Crippen LogP contribution is 2.59. The number of carbonyl (C=O) groups excluding carboxylic acids is 1. The summed E-state index contributed by atoms with van der Waals surface area (Å²) in [6, 6.07) is 25.1. The molecule has 306 valence electrons. The maximum atomic E-state index is 14.3. The minimum Gasteiger partial charge on any atom is -0.406 e. The summed E-state index contributed by atoms with van der Waals surface area (Å²) in [5, 5.41) is 35.4. The van der Waals surface area contributed by atoms with E-state index in [-0.39, 0.29) is 43.7 Å². The topological polar surface area (TPSA) is 99.5 Å². The number of ether oxygens (including phenoxy) is 2. The van der Waals surface area contributed by atoms with E-state index in [9.17, 15) is 33.3 Å². The van der Waals surface area contributed by atoms with E-state index >= 15 is 0 Å². The van der Waals surface area contributed by atoms with Gasteiger partial charge >= 0.3 is 6.36 Å². The number of rotatable bonds is 13. The summed E-state index contributed by atoms with van der Waals surface area (Å²) in [6.07, 6.45) is -0.00646. The average Bonchev–Trinajstić information content (AvgIpc) is 3.70. The predicted octanol–water partition coefficient (Wildman–Crippen LogP) is 9.30. The van der Waals surface area contributed by atoms with Crippen LogP contribution in [0, 0.1) is 12.3 Å². The second-order valence-corrected chi connectivity index (χ2v) is 17.5. The molecule has 11 heteroatoms. The summed E-state index contributed by atoms with van der Waals surface area (Å²) < 4.78 is 48.8. The lowest BCUT2D eigenvalue weighted by Crippen LogP contribution is -2.53. The minimum absolute atomic E-state index is 0.0425. The van der Waals surface area contributed by atoms with Gasteiger partial charge in [0.15, 0.2) is 0 Å². The van der Waals surface area contributed by atoms with E-state index in [1.165, 1.54) is 29.0 Å². The molecule has 0 radical (unpaired) electrons. The fourth-order valence-corrected chi connectivity index (χ4v) is 9.56. The number of hydrogen-bond acceptors (Lipinski definition) is 8. The summed E-state index contributed by atoms with van der Waals surface area (Å²) in [5.41, 5.74) is 3.17. The van der Waals surface area contributed by atoms with Gasteiger partial charge in [0.2, 0.25) is 5.78 Å². The highest BCUT2D eigenvalue weighted by atomic mass is 32.1. The SMILES string of the molecule is CC1=CCCC2(C)C(CCC2(O)CN(Cc2ccc(OC(F)(F)F)cc2)CC(O)COCc2ccccc2)c2ccc(cc2C(=O)c2ccc(C)s2)CC(O)CC1. The van der Waals surface area contributed by atoms with Crippen LogP contribution in [0.4, 0.5) is 13.2 Å². The molecule has 3 aliphatic rings. The van der Waals surface area contributed by atoms with Crippen LogP contribution in [0.25, 0.3) is 0 Å². The van der Waals surface area contributed by atoms with Crippen molar-refractivity contribution in [1.29, 1.82) is 0 Å². The molecule has 2 bridgehead atoms. The molecule has 57 heavy (non-hydrogen) atoms. The number of aliphatic hydroxyl groups is 3. The Labute approximate surface area is 337 Å². The molecule has 3 aliphatic carbocycles. The molecule has 5 unspecified atom stereocenters. The summed E-state index contributed by atoms with van der Waals surface area (Å²) in [5.74, 6) is -0.597. The van der Waals surface area contributed by atoms with Gasteiger partial charge in [0, 0.05) is 35.5 Å². The van der Waals surface area contributed by atoms with Crippen molar-refractivity contribution in [3.63, 3.8) is 0 Å². The third kappa shape index (κ3) is 11.0. The molecule has 0 saturated heterocycles. The lowest BCUT2D eigenvalue weighted by molar-refractivity contribution is -0.274. The number of thiophene rings is 1. The number of nitrogens with zero attached hydrogens (tertiary/aromatic N) is 1. The first kappa shape index (κ1) is 42.8. The molecule has 1 fully saturated rings. The van der Waals surface area contributed by atoms with Crippen LogP contribution >= 0.6 is 11.3 Å². The monoisotopic (exact) mass is 805 g/mol. The van der Waals surface area contributed by atoms with Gasteiger partial charge in [0.25, 0.3) is 0 Å². The summed E-state index contributed by atoms with van der Waals surface area (Å²) in [7, 11) is 0. The zero-order valence-corrected chi connectivity index (χ0v) is 33.7. The molecular weight excluding hydrogens is 752 g/mol. The van der Waals surface area contributed by atoms with E-state index in [1.54, 1.807) is 12.1 Å². The second kappa shape index (κ2) is 18.4. The number of aryl methyl sites for hydroxylation is 1. The molecule has 3 aromatic carbocycles. The van der Waals surface area contributed by atoms with Crippen LogP contribution in [0.2, 0.25) is 0 Å². The number of hydrogen-bond donors (Lipinski definition) is 3. The quantitative estimate of drug-likeness (QED) is 0.0916. The zero-order valence-electron chi connectivity index (χ0n) is 32.9. The Bertz CT molecular complexity index is 1980.